The lowest BCUT2D eigenvalue weighted by Crippen LogP contribution is -2.49. The van der Waals surface area contributed by atoms with Crippen LogP contribution in [0.3, 0.4) is 0 Å². The SMILES string of the molecule is CC1(C)CN(C(=O)O)CC(=Cc2ccccn2)C1=O. The van der Waals surface area contributed by atoms with E-state index in [0.717, 1.165) is 0 Å². The van der Waals surface area contributed by atoms with Crippen LogP contribution in [0.5, 0.6) is 0 Å². The molecular formula is C14H16N2O3. The van der Waals surface area contributed by atoms with Crippen LogP contribution in [-0.2, 0) is 4.79 Å². The summed E-state index contributed by atoms with van der Waals surface area (Å²) in [5.74, 6) is -0.0179. The number of ketones is 1. The topological polar surface area (TPSA) is 70.5 Å². The van der Waals surface area contributed by atoms with Crippen LogP contribution < -0.4 is 0 Å². The molecule has 0 spiro atoms. The van der Waals surface area contributed by atoms with Crippen molar-refractivity contribution in [3.63, 3.8) is 0 Å². The third-order valence-electron chi connectivity index (χ3n) is 3.13. The minimum absolute atomic E-state index is 0.0179. The Bertz CT molecular complexity index is 535. The molecule has 0 unspecified atom stereocenters. The van der Waals surface area contributed by atoms with E-state index in [1.54, 1.807) is 38.3 Å². The van der Waals surface area contributed by atoms with E-state index in [1.807, 2.05) is 6.07 Å². The average Bonchev–Trinajstić information content (AvgIpc) is 2.35. The summed E-state index contributed by atoms with van der Waals surface area (Å²) in [5.41, 5.74) is 0.447. The van der Waals surface area contributed by atoms with Gasteiger partial charge in [0.2, 0.25) is 0 Å². The Balaban J connectivity index is 2.35. The predicted octanol–water partition coefficient (Wildman–Crippen LogP) is 2.05. The molecule has 1 aromatic rings. The third-order valence-corrected chi connectivity index (χ3v) is 3.13. The first-order valence-corrected chi connectivity index (χ1v) is 6.04. The number of hydrogen-bond donors (Lipinski definition) is 1. The second-order valence-corrected chi connectivity index (χ2v) is 5.28. The minimum atomic E-state index is -1.01. The normalized spacial score (nSPS) is 20.6. The van der Waals surface area contributed by atoms with Gasteiger partial charge in [0.1, 0.15) is 0 Å². The van der Waals surface area contributed by atoms with Crippen molar-refractivity contribution in [1.29, 1.82) is 0 Å². The molecule has 2 rings (SSSR count). The highest BCUT2D eigenvalue weighted by molar-refractivity contribution is 6.04. The number of nitrogens with zero attached hydrogens (tertiary/aromatic N) is 2. The van der Waals surface area contributed by atoms with Gasteiger partial charge in [-0.2, -0.15) is 0 Å². The van der Waals surface area contributed by atoms with Gasteiger partial charge in [-0.05, 0) is 18.2 Å². The van der Waals surface area contributed by atoms with Gasteiger partial charge in [0.25, 0.3) is 0 Å². The largest absolute Gasteiger partial charge is 0.465 e. The molecule has 1 aliphatic rings. The van der Waals surface area contributed by atoms with Gasteiger partial charge in [-0.3, -0.25) is 9.78 Å². The smallest absolute Gasteiger partial charge is 0.407 e. The fourth-order valence-electron chi connectivity index (χ4n) is 2.20. The molecule has 5 heteroatoms. The highest BCUT2D eigenvalue weighted by Gasteiger charge is 2.39. The van der Waals surface area contributed by atoms with Crippen molar-refractivity contribution in [1.82, 2.24) is 9.88 Å². The predicted molar refractivity (Wildman–Crippen MR) is 70.6 cm³/mol. The molecule has 1 aliphatic heterocycles. The van der Waals surface area contributed by atoms with Crippen LogP contribution in [0.1, 0.15) is 19.5 Å². The van der Waals surface area contributed by atoms with E-state index >= 15 is 0 Å². The third kappa shape index (κ3) is 2.81. The summed E-state index contributed by atoms with van der Waals surface area (Å²) < 4.78 is 0. The molecule has 0 radical (unpaired) electrons. The molecule has 100 valence electrons. The number of piperidine rings is 1. The van der Waals surface area contributed by atoms with Crippen LogP contribution in [0, 0.1) is 5.41 Å². The Morgan fingerprint density at radius 2 is 2.21 bits per heavy atom. The number of aromatic nitrogens is 1. The number of Topliss-reactive ketones (excluding diaryl/α,β-unsaturated/α-hetero) is 1. The second-order valence-electron chi connectivity index (χ2n) is 5.28. The fraction of sp³-hybridized carbons (Fsp3) is 0.357. The monoisotopic (exact) mass is 260 g/mol. The first-order valence-electron chi connectivity index (χ1n) is 6.04. The van der Waals surface area contributed by atoms with Gasteiger partial charge >= 0.3 is 6.09 Å². The Labute approximate surface area is 111 Å². The maximum absolute atomic E-state index is 12.3. The number of carbonyl (C=O) groups is 2. The summed E-state index contributed by atoms with van der Waals surface area (Å²) in [5, 5.41) is 9.11. The summed E-state index contributed by atoms with van der Waals surface area (Å²) in [6.45, 7) is 3.86. The molecule has 19 heavy (non-hydrogen) atoms. The van der Waals surface area contributed by atoms with E-state index in [-0.39, 0.29) is 18.9 Å². The van der Waals surface area contributed by atoms with Crippen molar-refractivity contribution in [2.75, 3.05) is 13.1 Å². The Morgan fingerprint density at radius 3 is 2.79 bits per heavy atom. The van der Waals surface area contributed by atoms with Crippen LogP contribution in [0.2, 0.25) is 0 Å². The van der Waals surface area contributed by atoms with Gasteiger partial charge in [0.05, 0.1) is 12.2 Å². The number of carboxylic acid groups (broad SMARTS) is 1. The van der Waals surface area contributed by atoms with E-state index < -0.39 is 11.5 Å². The van der Waals surface area contributed by atoms with E-state index in [4.69, 9.17) is 5.11 Å². The molecule has 1 fully saturated rings. The van der Waals surface area contributed by atoms with Crippen LogP contribution in [0.4, 0.5) is 4.79 Å². The number of carbonyl (C=O) groups excluding carboxylic acids is 1. The first-order chi connectivity index (χ1) is 8.90. The molecule has 1 saturated heterocycles. The van der Waals surface area contributed by atoms with Crippen molar-refractivity contribution < 1.29 is 14.7 Å². The lowest BCUT2D eigenvalue weighted by molar-refractivity contribution is -0.125. The Morgan fingerprint density at radius 1 is 1.47 bits per heavy atom. The zero-order chi connectivity index (χ0) is 14.0. The van der Waals surface area contributed by atoms with Gasteiger partial charge < -0.3 is 10.0 Å². The fourth-order valence-corrected chi connectivity index (χ4v) is 2.20. The number of rotatable bonds is 1. The summed E-state index contributed by atoms with van der Waals surface area (Å²) in [6.07, 6.45) is 2.30. The summed E-state index contributed by atoms with van der Waals surface area (Å²) in [6, 6.07) is 5.40. The molecule has 0 saturated carbocycles. The Kier molecular flexibility index (Phi) is 3.38. The molecule has 5 nitrogen and oxygen atoms in total. The van der Waals surface area contributed by atoms with Crippen molar-refractivity contribution in [3.8, 4) is 0 Å². The molecular weight excluding hydrogens is 244 g/mol. The summed E-state index contributed by atoms with van der Waals surface area (Å²) >= 11 is 0. The molecule has 1 amide bonds. The van der Waals surface area contributed by atoms with E-state index in [9.17, 15) is 9.59 Å². The maximum Gasteiger partial charge on any atom is 0.407 e. The average molecular weight is 260 g/mol. The first kappa shape index (κ1) is 13.3. The summed E-state index contributed by atoms with van der Waals surface area (Å²) in [4.78, 5) is 28.8. The highest BCUT2D eigenvalue weighted by atomic mass is 16.4. The molecule has 1 N–H and O–H groups in total. The lowest BCUT2D eigenvalue weighted by Gasteiger charge is -2.36. The second kappa shape index (κ2) is 4.84. The molecule has 0 atom stereocenters. The van der Waals surface area contributed by atoms with Crippen molar-refractivity contribution in [3.05, 3.63) is 35.7 Å². The Hall–Kier alpha value is -2.17. The molecule has 0 aromatic carbocycles. The highest BCUT2D eigenvalue weighted by Crippen LogP contribution is 2.29. The van der Waals surface area contributed by atoms with Crippen LogP contribution >= 0.6 is 0 Å². The number of hydrogen-bond acceptors (Lipinski definition) is 3. The van der Waals surface area contributed by atoms with E-state index in [0.29, 0.717) is 11.3 Å². The molecule has 0 aliphatic carbocycles. The maximum atomic E-state index is 12.3. The van der Waals surface area contributed by atoms with Gasteiger partial charge in [-0.25, -0.2) is 4.79 Å². The van der Waals surface area contributed by atoms with Crippen molar-refractivity contribution >= 4 is 18.0 Å². The number of amides is 1. The summed E-state index contributed by atoms with van der Waals surface area (Å²) in [7, 11) is 0. The van der Waals surface area contributed by atoms with Gasteiger partial charge in [0, 0.05) is 23.7 Å². The van der Waals surface area contributed by atoms with Crippen molar-refractivity contribution in [2.45, 2.75) is 13.8 Å². The van der Waals surface area contributed by atoms with Crippen molar-refractivity contribution in [2.24, 2.45) is 5.41 Å². The number of likely N-dealkylation sites (tertiary alicyclic amines) is 1. The van der Waals surface area contributed by atoms with E-state index in [1.165, 1.54) is 4.90 Å². The van der Waals surface area contributed by atoms with Gasteiger partial charge in [0.15, 0.2) is 5.78 Å². The zero-order valence-corrected chi connectivity index (χ0v) is 11.0. The molecule has 1 aromatic heterocycles. The number of pyridine rings is 1. The van der Waals surface area contributed by atoms with Crippen LogP contribution in [0.15, 0.2) is 30.0 Å². The lowest BCUT2D eigenvalue weighted by atomic mass is 9.80. The van der Waals surface area contributed by atoms with Gasteiger partial charge in [-0.1, -0.05) is 19.9 Å². The quantitative estimate of drug-likeness (QED) is 0.784. The van der Waals surface area contributed by atoms with Crippen LogP contribution in [-0.4, -0.2) is 40.0 Å². The van der Waals surface area contributed by atoms with Gasteiger partial charge in [-0.15, -0.1) is 0 Å². The molecule has 0 bridgehead atoms. The van der Waals surface area contributed by atoms with Crippen LogP contribution in [0.25, 0.3) is 6.08 Å². The minimum Gasteiger partial charge on any atom is -0.465 e. The molecule has 2 heterocycles. The standard InChI is InChI=1S/C14H16N2O3/c1-14(2)9-16(13(18)19)8-10(12(14)17)7-11-5-3-4-6-15-11/h3-7H,8-9H2,1-2H3,(H,18,19). The van der Waals surface area contributed by atoms with E-state index in [2.05, 4.69) is 4.98 Å². The zero-order valence-electron chi connectivity index (χ0n) is 11.0.